The molecule has 0 aliphatic rings. The zero-order valence-electron chi connectivity index (χ0n) is 22.6. The number of anilines is 1. The van der Waals surface area contributed by atoms with Gasteiger partial charge in [0, 0.05) is 13.1 Å². The standard InChI is InChI=1S/C27H39N3O6S/c1-7-23(27(32)28-17-20(3)4)29(18-21-12-11-13-22(16-21)35-5)26(31)19-30(37(6,33)34)24-14-9-10-15-25(24)36-8-2/h9-16,20,23H,7-8,17-19H2,1-6H3,(H,28,32). The van der Waals surface area contributed by atoms with Crippen molar-refractivity contribution in [2.75, 3.05) is 37.4 Å². The van der Waals surface area contributed by atoms with Crippen molar-refractivity contribution >= 4 is 27.5 Å². The highest BCUT2D eigenvalue weighted by molar-refractivity contribution is 7.92. The molecule has 2 aromatic rings. The molecule has 0 aliphatic heterocycles. The van der Waals surface area contributed by atoms with Gasteiger partial charge in [0.15, 0.2) is 0 Å². The first-order valence-corrected chi connectivity index (χ1v) is 14.3. The van der Waals surface area contributed by atoms with Crippen LogP contribution in [0.1, 0.15) is 39.7 Å². The number of carbonyl (C=O) groups excluding carboxylic acids is 2. The molecule has 9 nitrogen and oxygen atoms in total. The highest BCUT2D eigenvalue weighted by Gasteiger charge is 2.32. The Morgan fingerprint density at radius 3 is 2.35 bits per heavy atom. The molecule has 37 heavy (non-hydrogen) atoms. The van der Waals surface area contributed by atoms with E-state index >= 15 is 0 Å². The zero-order chi connectivity index (χ0) is 27.6. The molecule has 0 aliphatic carbocycles. The largest absolute Gasteiger partial charge is 0.497 e. The van der Waals surface area contributed by atoms with Crippen molar-refractivity contribution in [2.45, 2.75) is 46.7 Å². The van der Waals surface area contributed by atoms with Crippen LogP contribution >= 0.6 is 0 Å². The molecule has 1 atom stereocenters. The summed E-state index contributed by atoms with van der Waals surface area (Å²) in [6.45, 7) is 8.01. The zero-order valence-corrected chi connectivity index (χ0v) is 23.4. The average molecular weight is 534 g/mol. The predicted octanol–water partition coefficient (Wildman–Crippen LogP) is 3.44. The van der Waals surface area contributed by atoms with Crippen LogP contribution < -0.4 is 19.1 Å². The number of methoxy groups -OCH3 is 1. The third-order valence-electron chi connectivity index (χ3n) is 5.67. The summed E-state index contributed by atoms with van der Waals surface area (Å²) in [7, 11) is -2.31. The Hall–Kier alpha value is -3.27. The summed E-state index contributed by atoms with van der Waals surface area (Å²) in [6, 6.07) is 13.1. The number of para-hydroxylation sites is 2. The Morgan fingerprint density at radius 2 is 1.76 bits per heavy atom. The third-order valence-corrected chi connectivity index (χ3v) is 6.80. The van der Waals surface area contributed by atoms with Crippen LogP contribution in [0.5, 0.6) is 11.5 Å². The van der Waals surface area contributed by atoms with Crippen molar-refractivity contribution in [2.24, 2.45) is 5.92 Å². The van der Waals surface area contributed by atoms with E-state index in [-0.39, 0.29) is 24.1 Å². The van der Waals surface area contributed by atoms with Gasteiger partial charge in [-0.15, -0.1) is 0 Å². The molecule has 0 spiro atoms. The van der Waals surface area contributed by atoms with Gasteiger partial charge >= 0.3 is 0 Å². The Kier molecular flexibility index (Phi) is 11.2. The maximum Gasteiger partial charge on any atom is 0.244 e. The minimum Gasteiger partial charge on any atom is -0.497 e. The van der Waals surface area contributed by atoms with E-state index in [0.29, 0.717) is 31.1 Å². The first kappa shape index (κ1) is 30.0. The van der Waals surface area contributed by atoms with Crippen LogP contribution in [-0.2, 0) is 26.2 Å². The number of hydrogen-bond donors (Lipinski definition) is 1. The fourth-order valence-corrected chi connectivity index (χ4v) is 4.70. The topological polar surface area (TPSA) is 105 Å². The summed E-state index contributed by atoms with van der Waals surface area (Å²) in [5, 5.41) is 2.91. The molecule has 0 bridgehead atoms. The van der Waals surface area contributed by atoms with Gasteiger partial charge in [0.1, 0.15) is 24.1 Å². The third kappa shape index (κ3) is 8.66. The van der Waals surface area contributed by atoms with E-state index in [2.05, 4.69) is 5.32 Å². The Morgan fingerprint density at radius 1 is 1.05 bits per heavy atom. The number of nitrogens with zero attached hydrogens (tertiary/aromatic N) is 2. The first-order chi connectivity index (χ1) is 17.5. The Labute approximate surface area is 220 Å². The molecule has 204 valence electrons. The molecule has 0 heterocycles. The summed E-state index contributed by atoms with van der Waals surface area (Å²) in [6.07, 6.45) is 1.40. The Bertz CT molecular complexity index is 1150. The molecular formula is C27H39N3O6S. The van der Waals surface area contributed by atoms with E-state index < -0.39 is 28.5 Å². The fourth-order valence-electron chi connectivity index (χ4n) is 3.85. The summed E-state index contributed by atoms with van der Waals surface area (Å²) in [4.78, 5) is 28.4. The highest BCUT2D eigenvalue weighted by atomic mass is 32.2. The van der Waals surface area contributed by atoms with Gasteiger partial charge in [0.05, 0.1) is 25.7 Å². The molecule has 0 radical (unpaired) electrons. The number of amides is 2. The van der Waals surface area contributed by atoms with Crippen LogP contribution in [0.4, 0.5) is 5.69 Å². The summed E-state index contributed by atoms with van der Waals surface area (Å²) < 4.78 is 37.7. The lowest BCUT2D eigenvalue weighted by Crippen LogP contribution is -2.52. The van der Waals surface area contributed by atoms with Crippen molar-refractivity contribution in [1.82, 2.24) is 10.2 Å². The number of sulfonamides is 1. The lowest BCUT2D eigenvalue weighted by atomic mass is 10.1. The maximum absolute atomic E-state index is 13.8. The van der Waals surface area contributed by atoms with E-state index in [4.69, 9.17) is 9.47 Å². The molecule has 0 fully saturated rings. The number of benzene rings is 2. The molecule has 2 aromatic carbocycles. The monoisotopic (exact) mass is 533 g/mol. The van der Waals surface area contributed by atoms with E-state index in [0.717, 1.165) is 16.1 Å². The van der Waals surface area contributed by atoms with Crippen LogP contribution in [0, 0.1) is 5.92 Å². The van der Waals surface area contributed by atoms with Crippen LogP contribution in [0.3, 0.4) is 0 Å². The SMILES string of the molecule is CCOc1ccccc1N(CC(=O)N(Cc1cccc(OC)c1)C(CC)C(=O)NCC(C)C)S(C)(=O)=O. The van der Waals surface area contributed by atoms with E-state index in [9.17, 15) is 18.0 Å². The molecule has 0 aromatic heterocycles. The minimum absolute atomic E-state index is 0.106. The van der Waals surface area contributed by atoms with Gasteiger partial charge < -0.3 is 19.7 Å². The lowest BCUT2D eigenvalue weighted by molar-refractivity contribution is -0.140. The number of nitrogens with one attached hydrogen (secondary N) is 1. The lowest BCUT2D eigenvalue weighted by Gasteiger charge is -2.33. The average Bonchev–Trinajstić information content (AvgIpc) is 2.86. The first-order valence-electron chi connectivity index (χ1n) is 12.4. The Balaban J connectivity index is 2.48. The van der Waals surface area contributed by atoms with Crippen LogP contribution in [0.15, 0.2) is 48.5 Å². The van der Waals surface area contributed by atoms with Crippen molar-refractivity contribution in [1.29, 1.82) is 0 Å². The molecule has 1 N–H and O–H groups in total. The normalized spacial score (nSPS) is 12.1. The highest BCUT2D eigenvalue weighted by Crippen LogP contribution is 2.30. The van der Waals surface area contributed by atoms with Gasteiger partial charge in [-0.2, -0.15) is 0 Å². The molecule has 0 saturated carbocycles. The number of carbonyl (C=O) groups is 2. The second-order valence-electron chi connectivity index (χ2n) is 9.11. The van der Waals surface area contributed by atoms with Crippen LogP contribution in [0.25, 0.3) is 0 Å². The van der Waals surface area contributed by atoms with E-state index in [1.54, 1.807) is 56.5 Å². The van der Waals surface area contributed by atoms with E-state index in [1.165, 1.54) is 4.90 Å². The van der Waals surface area contributed by atoms with Gasteiger partial charge in [-0.05, 0) is 49.1 Å². The number of ether oxygens (including phenoxy) is 2. The van der Waals surface area contributed by atoms with Crippen molar-refractivity contribution in [3.63, 3.8) is 0 Å². The smallest absolute Gasteiger partial charge is 0.244 e. The minimum atomic E-state index is -3.86. The second-order valence-corrected chi connectivity index (χ2v) is 11.0. The fraction of sp³-hybridized carbons (Fsp3) is 0.481. The molecule has 2 rings (SSSR count). The molecule has 2 amide bonds. The summed E-state index contributed by atoms with van der Waals surface area (Å²) >= 11 is 0. The van der Waals surface area contributed by atoms with Crippen molar-refractivity contribution in [3.8, 4) is 11.5 Å². The second kappa shape index (κ2) is 13.9. The molecule has 1 unspecified atom stereocenters. The predicted molar refractivity (Wildman–Crippen MR) is 145 cm³/mol. The van der Waals surface area contributed by atoms with Gasteiger partial charge in [-0.3, -0.25) is 13.9 Å². The molecule has 10 heteroatoms. The van der Waals surface area contributed by atoms with Gasteiger partial charge in [0.25, 0.3) is 0 Å². The van der Waals surface area contributed by atoms with Gasteiger partial charge in [-0.25, -0.2) is 8.42 Å². The number of hydrogen-bond acceptors (Lipinski definition) is 6. The van der Waals surface area contributed by atoms with Crippen molar-refractivity contribution < 1.29 is 27.5 Å². The van der Waals surface area contributed by atoms with Crippen molar-refractivity contribution in [3.05, 3.63) is 54.1 Å². The summed E-state index contributed by atoms with van der Waals surface area (Å²) in [5.41, 5.74) is 1.02. The quantitative estimate of drug-likeness (QED) is 0.399. The summed E-state index contributed by atoms with van der Waals surface area (Å²) in [5.74, 6) is 0.411. The number of rotatable bonds is 14. The van der Waals surface area contributed by atoms with Gasteiger partial charge in [0.2, 0.25) is 21.8 Å². The molecule has 0 saturated heterocycles. The van der Waals surface area contributed by atoms with Crippen LogP contribution in [0.2, 0.25) is 0 Å². The maximum atomic E-state index is 13.8. The van der Waals surface area contributed by atoms with Gasteiger partial charge in [-0.1, -0.05) is 45.0 Å². The van der Waals surface area contributed by atoms with Crippen LogP contribution in [-0.4, -0.2) is 64.2 Å². The van der Waals surface area contributed by atoms with E-state index in [1.807, 2.05) is 26.8 Å². The molecular weight excluding hydrogens is 494 g/mol.